The first-order chi connectivity index (χ1) is 16.6. The maximum atomic E-state index is 12.8. The van der Waals surface area contributed by atoms with Gasteiger partial charge >= 0.3 is 0 Å². The molecule has 2 aromatic carbocycles. The van der Waals surface area contributed by atoms with Crippen LogP contribution >= 0.6 is 22.9 Å². The first-order valence-corrected chi connectivity index (χ1v) is 15.0. The van der Waals surface area contributed by atoms with Crippen LogP contribution in [0.3, 0.4) is 0 Å². The van der Waals surface area contributed by atoms with Gasteiger partial charge in [-0.05, 0) is 73.2 Å². The zero-order valence-electron chi connectivity index (χ0n) is 18.8. The maximum absolute atomic E-state index is 12.8. The number of anilines is 2. The van der Waals surface area contributed by atoms with Crippen molar-refractivity contribution in [3.63, 3.8) is 0 Å². The zero-order chi connectivity index (χ0) is 25.2. The molecule has 1 aliphatic rings. The molecule has 0 radical (unpaired) electrons. The molecule has 186 valence electrons. The number of carbonyl (C=O) groups is 1. The summed E-state index contributed by atoms with van der Waals surface area (Å²) in [5, 5.41) is 4.93. The largest absolute Gasteiger partial charge is 0.326 e. The van der Waals surface area contributed by atoms with E-state index in [0.717, 1.165) is 11.3 Å². The third kappa shape index (κ3) is 5.70. The van der Waals surface area contributed by atoms with Gasteiger partial charge in [0.1, 0.15) is 4.21 Å². The van der Waals surface area contributed by atoms with Crippen molar-refractivity contribution in [3.05, 3.63) is 70.6 Å². The minimum absolute atomic E-state index is 0.0285. The lowest BCUT2D eigenvalue weighted by atomic mass is 9.99. The molecule has 3 aromatic rings. The fourth-order valence-corrected chi connectivity index (χ4v) is 7.76. The number of hydrogen-bond acceptors (Lipinski definition) is 6. The SMILES string of the molecule is Cc1c(Cl)cccc1NS(=O)(=O)c1ccc(NC(=O)[C@H]2CCCN(S(=O)(=O)c3cccs3)C2)cc1. The van der Waals surface area contributed by atoms with Crippen molar-refractivity contribution in [2.75, 3.05) is 23.1 Å². The quantitative estimate of drug-likeness (QED) is 0.445. The van der Waals surface area contributed by atoms with Crippen molar-refractivity contribution < 1.29 is 21.6 Å². The number of nitrogens with zero attached hydrogens (tertiary/aromatic N) is 1. The first-order valence-electron chi connectivity index (χ1n) is 10.8. The van der Waals surface area contributed by atoms with E-state index in [0.29, 0.717) is 41.3 Å². The second kappa shape index (κ2) is 10.3. The zero-order valence-corrected chi connectivity index (χ0v) is 22.0. The van der Waals surface area contributed by atoms with E-state index < -0.39 is 26.0 Å². The molecule has 1 fully saturated rings. The molecule has 1 saturated heterocycles. The van der Waals surface area contributed by atoms with Gasteiger partial charge < -0.3 is 5.32 Å². The summed E-state index contributed by atoms with van der Waals surface area (Å²) >= 11 is 7.22. The lowest BCUT2D eigenvalue weighted by Gasteiger charge is -2.30. The lowest BCUT2D eigenvalue weighted by Crippen LogP contribution is -2.43. The van der Waals surface area contributed by atoms with Crippen LogP contribution in [0.15, 0.2) is 69.1 Å². The van der Waals surface area contributed by atoms with Crippen molar-refractivity contribution in [2.24, 2.45) is 5.92 Å². The van der Waals surface area contributed by atoms with Gasteiger partial charge in [0.15, 0.2) is 0 Å². The molecule has 2 N–H and O–H groups in total. The Hall–Kier alpha value is -2.44. The molecule has 0 aliphatic carbocycles. The Bertz CT molecular complexity index is 1420. The molecule has 1 aliphatic heterocycles. The van der Waals surface area contributed by atoms with Crippen LogP contribution in [0, 0.1) is 12.8 Å². The van der Waals surface area contributed by atoms with Crippen LogP contribution in [0.1, 0.15) is 18.4 Å². The molecule has 2 heterocycles. The molecule has 35 heavy (non-hydrogen) atoms. The Kier molecular flexibility index (Phi) is 7.53. The third-order valence-electron chi connectivity index (χ3n) is 5.79. The molecule has 4 rings (SSSR count). The van der Waals surface area contributed by atoms with E-state index in [-0.39, 0.29) is 21.6 Å². The van der Waals surface area contributed by atoms with Gasteiger partial charge in [0.25, 0.3) is 20.0 Å². The fourth-order valence-electron chi connectivity index (χ4n) is 3.80. The number of nitrogens with one attached hydrogen (secondary N) is 2. The summed E-state index contributed by atoms with van der Waals surface area (Å²) in [5.41, 5.74) is 1.42. The van der Waals surface area contributed by atoms with Crippen molar-refractivity contribution in [2.45, 2.75) is 28.9 Å². The van der Waals surface area contributed by atoms with Gasteiger partial charge in [-0.3, -0.25) is 9.52 Å². The Morgan fingerprint density at radius 3 is 2.49 bits per heavy atom. The standard InChI is InChI=1S/C23H24ClN3O5S3/c1-16-20(24)6-2-7-21(16)26-34(29,30)19-11-9-18(10-12-19)25-23(28)17-5-3-13-27(15-17)35(31,32)22-8-4-14-33-22/h2,4,6-12,14,17,26H,3,5,13,15H2,1H3,(H,25,28)/t17-/m0/s1. The summed E-state index contributed by atoms with van der Waals surface area (Å²) in [7, 11) is -7.48. The van der Waals surface area contributed by atoms with Crippen molar-refractivity contribution in [1.29, 1.82) is 0 Å². The second-order valence-corrected chi connectivity index (χ2v) is 13.4. The Balaban J connectivity index is 1.42. The smallest absolute Gasteiger partial charge is 0.261 e. The van der Waals surface area contributed by atoms with Crippen LogP contribution in [0.25, 0.3) is 0 Å². The highest BCUT2D eigenvalue weighted by Gasteiger charge is 2.33. The maximum Gasteiger partial charge on any atom is 0.261 e. The van der Waals surface area contributed by atoms with Gasteiger partial charge in [0.2, 0.25) is 5.91 Å². The van der Waals surface area contributed by atoms with Crippen LogP contribution in [0.2, 0.25) is 5.02 Å². The third-order valence-corrected chi connectivity index (χ3v) is 10.8. The highest BCUT2D eigenvalue weighted by atomic mass is 35.5. The van der Waals surface area contributed by atoms with Crippen LogP contribution in [-0.2, 0) is 24.8 Å². The van der Waals surface area contributed by atoms with Crippen LogP contribution in [0.4, 0.5) is 11.4 Å². The highest BCUT2D eigenvalue weighted by molar-refractivity contribution is 7.92. The molecule has 1 atom stereocenters. The fraction of sp³-hybridized carbons (Fsp3) is 0.261. The van der Waals surface area contributed by atoms with Gasteiger partial charge in [-0.25, -0.2) is 16.8 Å². The molecule has 12 heteroatoms. The molecule has 0 unspecified atom stereocenters. The topological polar surface area (TPSA) is 113 Å². The molecule has 1 aromatic heterocycles. The Labute approximate surface area is 214 Å². The van der Waals surface area contributed by atoms with E-state index in [1.54, 1.807) is 42.6 Å². The number of piperidine rings is 1. The lowest BCUT2D eigenvalue weighted by molar-refractivity contribution is -0.120. The Morgan fingerprint density at radius 2 is 1.80 bits per heavy atom. The molecular weight excluding hydrogens is 530 g/mol. The summed E-state index contributed by atoms with van der Waals surface area (Å²) in [6.45, 7) is 2.19. The average Bonchev–Trinajstić information content (AvgIpc) is 3.38. The van der Waals surface area contributed by atoms with Gasteiger partial charge in [-0.15, -0.1) is 11.3 Å². The Morgan fingerprint density at radius 1 is 1.06 bits per heavy atom. The molecule has 8 nitrogen and oxygen atoms in total. The monoisotopic (exact) mass is 553 g/mol. The number of sulfonamides is 2. The summed E-state index contributed by atoms with van der Waals surface area (Å²) in [5.74, 6) is -0.811. The number of benzene rings is 2. The number of thiophene rings is 1. The summed E-state index contributed by atoms with van der Waals surface area (Å²) in [4.78, 5) is 12.9. The second-order valence-electron chi connectivity index (χ2n) is 8.17. The van der Waals surface area contributed by atoms with Gasteiger partial charge in [-0.2, -0.15) is 4.31 Å². The molecule has 1 amide bonds. The summed E-state index contributed by atoms with van der Waals surface area (Å²) in [6, 6.07) is 14.0. The van der Waals surface area contributed by atoms with E-state index >= 15 is 0 Å². The van der Waals surface area contributed by atoms with Crippen LogP contribution < -0.4 is 10.0 Å². The van der Waals surface area contributed by atoms with Crippen molar-refractivity contribution >= 4 is 60.3 Å². The number of rotatable bonds is 7. The van der Waals surface area contributed by atoms with E-state index in [1.807, 2.05) is 0 Å². The van der Waals surface area contributed by atoms with Gasteiger partial charge in [0.05, 0.1) is 16.5 Å². The molecule has 0 spiro atoms. The van der Waals surface area contributed by atoms with E-state index in [2.05, 4.69) is 10.0 Å². The first kappa shape index (κ1) is 25.6. The average molecular weight is 554 g/mol. The number of hydrogen-bond donors (Lipinski definition) is 2. The van der Waals surface area contributed by atoms with E-state index in [4.69, 9.17) is 11.6 Å². The van der Waals surface area contributed by atoms with E-state index in [1.165, 1.54) is 28.6 Å². The van der Waals surface area contributed by atoms with Crippen molar-refractivity contribution in [1.82, 2.24) is 4.31 Å². The summed E-state index contributed by atoms with van der Waals surface area (Å²) in [6.07, 6.45) is 1.14. The van der Waals surface area contributed by atoms with E-state index in [9.17, 15) is 21.6 Å². The highest BCUT2D eigenvalue weighted by Crippen LogP contribution is 2.28. The predicted molar refractivity (Wildman–Crippen MR) is 138 cm³/mol. The summed E-state index contributed by atoms with van der Waals surface area (Å²) < 4.78 is 55.3. The minimum atomic E-state index is -3.86. The molecule has 0 saturated carbocycles. The van der Waals surface area contributed by atoms with Crippen molar-refractivity contribution in [3.8, 4) is 0 Å². The van der Waals surface area contributed by atoms with Crippen LogP contribution in [0.5, 0.6) is 0 Å². The number of amides is 1. The number of carbonyl (C=O) groups excluding carboxylic acids is 1. The predicted octanol–water partition coefficient (Wildman–Crippen LogP) is 4.55. The van der Waals surface area contributed by atoms with Crippen LogP contribution in [-0.4, -0.2) is 40.1 Å². The molecular formula is C23H24ClN3O5S3. The number of halogens is 1. The minimum Gasteiger partial charge on any atom is -0.326 e. The van der Waals surface area contributed by atoms with Gasteiger partial charge in [-0.1, -0.05) is 23.7 Å². The molecule has 0 bridgehead atoms. The normalized spacial score (nSPS) is 17.1. The van der Waals surface area contributed by atoms with Gasteiger partial charge in [0, 0.05) is 23.8 Å².